The number of hydrogen-bond donors (Lipinski definition) is 0. The number of methoxy groups -OCH3 is 1. The second kappa shape index (κ2) is 7.88. The Kier molecular flexibility index (Phi) is 6.12. The monoisotopic (exact) mass is 343 g/mol. The maximum absolute atomic E-state index is 12.9. The van der Waals surface area contributed by atoms with Gasteiger partial charge in [0.1, 0.15) is 5.82 Å². The third kappa shape index (κ3) is 5.28. The zero-order valence-corrected chi connectivity index (χ0v) is 14.0. The van der Waals surface area contributed by atoms with Crippen molar-refractivity contribution in [1.29, 1.82) is 0 Å². The first-order valence-electron chi connectivity index (χ1n) is 7.64. The fourth-order valence-corrected chi connectivity index (χ4v) is 4.52. The van der Waals surface area contributed by atoms with Gasteiger partial charge in [-0.2, -0.15) is 0 Å². The molecule has 1 aromatic carbocycles. The van der Waals surface area contributed by atoms with E-state index in [4.69, 9.17) is 4.74 Å². The van der Waals surface area contributed by atoms with Gasteiger partial charge in [0.15, 0.2) is 9.84 Å². The molecule has 23 heavy (non-hydrogen) atoms. The highest BCUT2D eigenvalue weighted by Crippen LogP contribution is 2.19. The van der Waals surface area contributed by atoms with Gasteiger partial charge in [0.25, 0.3) is 0 Å². The molecule has 5 nitrogen and oxygen atoms in total. The van der Waals surface area contributed by atoms with E-state index in [-0.39, 0.29) is 35.7 Å². The van der Waals surface area contributed by atoms with E-state index < -0.39 is 9.84 Å². The number of carbonyl (C=O) groups is 1. The van der Waals surface area contributed by atoms with Crippen molar-refractivity contribution in [3.8, 4) is 0 Å². The Hall–Kier alpha value is -1.47. The van der Waals surface area contributed by atoms with Gasteiger partial charge in [-0.25, -0.2) is 12.8 Å². The van der Waals surface area contributed by atoms with Gasteiger partial charge in [-0.15, -0.1) is 0 Å². The highest BCUT2D eigenvalue weighted by Gasteiger charge is 2.34. The van der Waals surface area contributed by atoms with Gasteiger partial charge in [0.05, 0.1) is 17.9 Å². The molecule has 128 valence electrons. The molecule has 0 radical (unpaired) electrons. The Labute approximate surface area is 136 Å². The Morgan fingerprint density at radius 2 is 2.04 bits per heavy atom. The number of rotatable bonds is 7. The summed E-state index contributed by atoms with van der Waals surface area (Å²) in [7, 11) is -1.47. The predicted octanol–water partition coefficient (Wildman–Crippen LogP) is 1.42. The normalized spacial score (nSPS) is 19.7. The van der Waals surface area contributed by atoms with Crippen LogP contribution in [0.1, 0.15) is 18.4 Å². The average molecular weight is 343 g/mol. The lowest BCUT2D eigenvalue weighted by Gasteiger charge is -2.28. The minimum Gasteiger partial charge on any atom is -0.385 e. The maximum Gasteiger partial charge on any atom is 0.227 e. The van der Waals surface area contributed by atoms with E-state index in [1.165, 1.54) is 12.1 Å². The zero-order chi connectivity index (χ0) is 16.9. The molecule has 1 amide bonds. The van der Waals surface area contributed by atoms with E-state index in [0.29, 0.717) is 31.6 Å². The van der Waals surface area contributed by atoms with Gasteiger partial charge in [0, 0.05) is 26.3 Å². The van der Waals surface area contributed by atoms with E-state index in [1.807, 2.05) is 0 Å². The summed E-state index contributed by atoms with van der Waals surface area (Å²) in [6.07, 6.45) is 1.27. The number of nitrogens with zero attached hydrogens (tertiary/aromatic N) is 1. The number of sulfone groups is 1. The molecule has 0 spiro atoms. The lowest BCUT2D eigenvalue weighted by Crippen LogP contribution is -2.42. The van der Waals surface area contributed by atoms with Gasteiger partial charge >= 0.3 is 0 Å². The van der Waals surface area contributed by atoms with Crippen molar-refractivity contribution in [1.82, 2.24) is 4.90 Å². The smallest absolute Gasteiger partial charge is 0.227 e. The molecule has 1 saturated heterocycles. The molecule has 1 aliphatic rings. The van der Waals surface area contributed by atoms with Crippen LogP contribution >= 0.6 is 0 Å². The molecule has 1 fully saturated rings. The van der Waals surface area contributed by atoms with Crippen LogP contribution in [0.3, 0.4) is 0 Å². The summed E-state index contributed by atoms with van der Waals surface area (Å²) in [4.78, 5) is 14.2. The molecule has 0 aliphatic carbocycles. The summed E-state index contributed by atoms with van der Waals surface area (Å²) in [6, 6.07) is 5.51. The van der Waals surface area contributed by atoms with Gasteiger partial charge < -0.3 is 9.64 Å². The zero-order valence-electron chi connectivity index (χ0n) is 13.2. The molecule has 0 N–H and O–H groups in total. The van der Waals surface area contributed by atoms with Crippen LogP contribution in [0.5, 0.6) is 0 Å². The molecular formula is C16H22FNO4S. The largest absolute Gasteiger partial charge is 0.385 e. The number of ether oxygens (including phenoxy) is 1. The lowest BCUT2D eigenvalue weighted by molar-refractivity contribution is -0.132. The Morgan fingerprint density at radius 3 is 2.61 bits per heavy atom. The summed E-state index contributed by atoms with van der Waals surface area (Å²) < 4.78 is 41.3. The topological polar surface area (TPSA) is 63.7 Å². The van der Waals surface area contributed by atoms with Crippen LogP contribution in [-0.2, 0) is 25.8 Å². The maximum atomic E-state index is 12.9. The second-order valence-corrected chi connectivity index (χ2v) is 8.02. The van der Waals surface area contributed by atoms with Crippen LogP contribution in [0.25, 0.3) is 0 Å². The third-order valence-corrected chi connectivity index (χ3v) is 5.74. The number of benzene rings is 1. The van der Waals surface area contributed by atoms with Gasteiger partial charge in [-0.3, -0.25) is 4.79 Å². The van der Waals surface area contributed by atoms with Crippen molar-refractivity contribution in [2.45, 2.75) is 25.3 Å². The SMILES string of the molecule is COCCCN(C(=O)Cc1ccc(F)cc1)C1CCS(=O)(=O)C1. The van der Waals surface area contributed by atoms with Crippen LogP contribution in [0, 0.1) is 5.82 Å². The van der Waals surface area contributed by atoms with Gasteiger partial charge in [-0.1, -0.05) is 12.1 Å². The minimum atomic E-state index is -3.06. The Morgan fingerprint density at radius 1 is 1.35 bits per heavy atom. The van der Waals surface area contributed by atoms with E-state index in [9.17, 15) is 17.6 Å². The van der Waals surface area contributed by atoms with Gasteiger partial charge in [0.2, 0.25) is 5.91 Å². The molecule has 0 bridgehead atoms. The van der Waals surface area contributed by atoms with E-state index >= 15 is 0 Å². The summed E-state index contributed by atoms with van der Waals surface area (Å²) in [6.45, 7) is 0.980. The average Bonchev–Trinajstić information content (AvgIpc) is 2.86. The molecule has 7 heteroatoms. The fourth-order valence-electron chi connectivity index (χ4n) is 2.79. The molecule has 1 atom stereocenters. The van der Waals surface area contributed by atoms with Crippen molar-refractivity contribution in [2.24, 2.45) is 0 Å². The molecule has 1 heterocycles. The molecule has 0 saturated carbocycles. The summed E-state index contributed by atoms with van der Waals surface area (Å²) >= 11 is 0. The highest BCUT2D eigenvalue weighted by molar-refractivity contribution is 7.91. The first kappa shape index (κ1) is 17.9. The number of halogens is 1. The number of amides is 1. The molecule has 1 unspecified atom stereocenters. The summed E-state index contributed by atoms with van der Waals surface area (Å²) in [5.41, 5.74) is 0.717. The van der Waals surface area contributed by atoms with E-state index in [1.54, 1.807) is 24.1 Å². The first-order valence-corrected chi connectivity index (χ1v) is 9.47. The molecular weight excluding hydrogens is 321 g/mol. The summed E-state index contributed by atoms with van der Waals surface area (Å²) in [5, 5.41) is 0. The fraction of sp³-hybridized carbons (Fsp3) is 0.562. The van der Waals surface area contributed by atoms with Crippen LogP contribution in [-0.4, -0.2) is 57.0 Å². The van der Waals surface area contributed by atoms with Crippen LogP contribution < -0.4 is 0 Å². The summed E-state index contributed by atoms with van der Waals surface area (Å²) in [5.74, 6) is -0.327. The molecule has 0 aromatic heterocycles. The minimum absolute atomic E-state index is 0.0230. The van der Waals surface area contributed by atoms with Crippen LogP contribution in [0.2, 0.25) is 0 Å². The lowest BCUT2D eigenvalue weighted by atomic mass is 10.1. The second-order valence-electron chi connectivity index (χ2n) is 5.79. The Balaban J connectivity index is 2.05. The van der Waals surface area contributed by atoms with Crippen molar-refractivity contribution in [3.63, 3.8) is 0 Å². The number of carbonyl (C=O) groups excluding carboxylic acids is 1. The standard InChI is InChI=1S/C16H22FNO4S/c1-22-9-2-8-18(15-7-10-23(20,21)12-15)16(19)11-13-3-5-14(17)6-4-13/h3-6,15H,2,7-12H2,1H3. The van der Waals surface area contributed by atoms with Gasteiger partial charge in [-0.05, 0) is 30.5 Å². The quantitative estimate of drug-likeness (QED) is 0.703. The van der Waals surface area contributed by atoms with Crippen molar-refractivity contribution < 1.29 is 22.3 Å². The van der Waals surface area contributed by atoms with E-state index in [2.05, 4.69) is 0 Å². The molecule has 1 aliphatic heterocycles. The molecule has 1 aromatic rings. The molecule has 2 rings (SSSR count). The van der Waals surface area contributed by atoms with Crippen LogP contribution in [0.4, 0.5) is 4.39 Å². The number of hydrogen-bond acceptors (Lipinski definition) is 4. The predicted molar refractivity (Wildman–Crippen MR) is 85.4 cm³/mol. The van der Waals surface area contributed by atoms with Crippen LogP contribution in [0.15, 0.2) is 24.3 Å². The third-order valence-electron chi connectivity index (χ3n) is 3.99. The Bertz CT molecular complexity index is 630. The van der Waals surface area contributed by atoms with E-state index in [0.717, 1.165) is 0 Å². The van der Waals surface area contributed by atoms with Crippen molar-refractivity contribution in [2.75, 3.05) is 31.8 Å². The van der Waals surface area contributed by atoms with Crippen molar-refractivity contribution >= 4 is 15.7 Å². The highest BCUT2D eigenvalue weighted by atomic mass is 32.2. The first-order chi connectivity index (χ1) is 10.9. The van der Waals surface area contributed by atoms with Crippen molar-refractivity contribution in [3.05, 3.63) is 35.6 Å².